The van der Waals surface area contributed by atoms with Crippen molar-refractivity contribution >= 4 is 20.7 Å². The second kappa shape index (κ2) is 5.73. The van der Waals surface area contributed by atoms with Crippen LogP contribution >= 0.6 is 0 Å². The summed E-state index contributed by atoms with van der Waals surface area (Å²) in [7, 11) is -3.42. The molecule has 0 saturated carbocycles. The molecule has 0 bridgehead atoms. The van der Waals surface area contributed by atoms with Crippen LogP contribution in [0.2, 0.25) is 0 Å². The van der Waals surface area contributed by atoms with Crippen LogP contribution in [0.3, 0.4) is 0 Å². The van der Waals surface area contributed by atoms with Crippen LogP contribution < -0.4 is 5.56 Å². The molecule has 0 aliphatic rings. The molecule has 0 spiro atoms. The molecule has 1 heterocycles. The predicted molar refractivity (Wildman–Crippen MR) is 84.5 cm³/mol. The molecule has 1 aromatic heterocycles. The van der Waals surface area contributed by atoms with Crippen LogP contribution in [-0.2, 0) is 16.4 Å². The van der Waals surface area contributed by atoms with Crippen LogP contribution in [0.5, 0.6) is 0 Å². The molecular weight excluding hydrogens is 300 g/mol. The predicted octanol–water partition coefficient (Wildman–Crippen LogP) is 1.87. The molecule has 0 unspecified atom stereocenters. The fourth-order valence-electron chi connectivity index (χ4n) is 2.23. The minimum Gasteiger partial charge on any atom is -0.298 e. The third-order valence-corrected chi connectivity index (χ3v) is 5.15. The maximum atomic E-state index is 12.3. The number of aromatic nitrogens is 2. The highest BCUT2D eigenvalue weighted by Crippen LogP contribution is 2.10. The Hall–Kier alpha value is -2.47. The number of nitrogens with zero attached hydrogens (tertiary/aromatic N) is 2. The molecule has 5 nitrogen and oxygen atoms in total. The van der Waals surface area contributed by atoms with E-state index in [-0.39, 0.29) is 22.8 Å². The van der Waals surface area contributed by atoms with E-state index in [9.17, 15) is 13.2 Å². The van der Waals surface area contributed by atoms with Gasteiger partial charge in [0.2, 0.25) is 0 Å². The average Bonchev–Trinajstić information content (AvgIpc) is 2.55. The molecule has 2 aromatic carbocycles. The van der Waals surface area contributed by atoms with Gasteiger partial charge in [0.1, 0.15) is 0 Å². The topological polar surface area (TPSA) is 69.0 Å². The first kappa shape index (κ1) is 14.5. The monoisotopic (exact) mass is 314 g/mol. The van der Waals surface area contributed by atoms with E-state index in [1.54, 1.807) is 54.6 Å². The van der Waals surface area contributed by atoms with Crippen molar-refractivity contribution in [2.24, 2.45) is 0 Å². The summed E-state index contributed by atoms with van der Waals surface area (Å²) < 4.78 is 25.8. The molecule has 6 heteroatoms. The second-order valence-corrected chi connectivity index (χ2v) is 7.00. The number of fused-ring (bicyclic) bond motifs is 1. The molecule has 22 heavy (non-hydrogen) atoms. The Morgan fingerprint density at radius 3 is 2.41 bits per heavy atom. The van der Waals surface area contributed by atoms with Crippen molar-refractivity contribution in [2.45, 2.75) is 11.4 Å². The number of sulfone groups is 1. The summed E-state index contributed by atoms with van der Waals surface area (Å²) in [5.74, 6) is -0.142. The van der Waals surface area contributed by atoms with Crippen molar-refractivity contribution in [1.29, 1.82) is 0 Å². The van der Waals surface area contributed by atoms with E-state index in [2.05, 4.69) is 4.98 Å². The summed E-state index contributed by atoms with van der Waals surface area (Å²) >= 11 is 0. The van der Waals surface area contributed by atoms with Crippen molar-refractivity contribution in [1.82, 2.24) is 9.55 Å². The minimum absolute atomic E-state index is 0.0773. The number of aryl methyl sites for hydroxylation is 1. The summed E-state index contributed by atoms with van der Waals surface area (Å²) in [6.07, 6.45) is 1.39. The lowest BCUT2D eigenvalue weighted by Gasteiger charge is -2.07. The van der Waals surface area contributed by atoms with Crippen LogP contribution in [0.1, 0.15) is 0 Å². The average molecular weight is 314 g/mol. The second-order valence-electron chi connectivity index (χ2n) is 4.89. The van der Waals surface area contributed by atoms with E-state index >= 15 is 0 Å². The quantitative estimate of drug-likeness (QED) is 0.737. The molecule has 0 fully saturated rings. The summed E-state index contributed by atoms with van der Waals surface area (Å²) in [4.78, 5) is 16.8. The largest absolute Gasteiger partial charge is 0.298 e. The van der Waals surface area contributed by atoms with Crippen molar-refractivity contribution in [3.8, 4) is 0 Å². The van der Waals surface area contributed by atoms with Crippen LogP contribution in [0.15, 0.2) is 70.6 Å². The summed E-state index contributed by atoms with van der Waals surface area (Å²) in [5.41, 5.74) is 0.378. The zero-order valence-corrected chi connectivity index (χ0v) is 12.5. The van der Waals surface area contributed by atoms with Gasteiger partial charge in [-0.1, -0.05) is 30.3 Å². The summed E-state index contributed by atoms with van der Waals surface area (Å²) in [6.45, 7) is 0.0773. The zero-order valence-electron chi connectivity index (χ0n) is 11.7. The van der Waals surface area contributed by atoms with Crippen LogP contribution in [0.4, 0.5) is 0 Å². The Kier molecular flexibility index (Phi) is 3.77. The first-order valence-corrected chi connectivity index (χ1v) is 8.45. The lowest BCUT2D eigenvalue weighted by atomic mass is 10.2. The van der Waals surface area contributed by atoms with Gasteiger partial charge in [-0.3, -0.25) is 9.36 Å². The zero-order chi connectivity index (χ0) is 15.6. The van der Waals surface area contributed by atoms with Crippen LogP contribution in [-0.4, -0.2) is 23.7 Å². The SMILES string of the molecule is O=c1c2ccccc2ncn1CCS(=O)(=O)c1ccccc1. The highest BCUT2D eigenvalue weighted by molar-refractivity contribution is 7.91. The first-order valence-electron chi connectivity index (χ1n) is 6.80. The third-order valence-electron chi connectivity index (χ3n) is 3.43. The maximum Gasteiger partial charge on any atom is 0.261 e. The molecule has 0 amide bonds. The van der Waals surface area contributed by atoms with E-state index in [0.29, 0.717) is 10.9 Å². The smallest absolute Gasteiger partial charge is 0.261 e. The maximum absolute atomic E-state index is 12.3. The molecule has 112 valence electrons. The van der Waals surface area contributed by atoms with Gasteiger partial charge in [-0.25, -0.2) is 13.4 Å². The third kappa shape index (κ3) is 2.78. The molecule has 0 aliphatic heterocycles. The molecule has 3 aromatic rings. The van der Waals surface area contributed by atoms with Crippen LogP contribution in [0, 0.1) is 0 Å². The van der Waals surface area contributed by atoms with E-state index in [4.69, 9.17) is 0 Å². The number of rotatable bonds is 4. The van der Waals surface area contributed by atoms with E-state index in [0.717, 1.165) is 0 Å². The number of hydrogen-bond donors (Lipinski definition) is 0. The molecule has 0 radical (unpaired) electrons. The van der Waals surface area contributed by atoms with E-state index in [1.165, 1.54) is 10.9 Å². The van der Waals surface area contributed by atoms with Gasteiger partial charge in [-0.2, -0.15) is 0 Å². The fourth-order valence-corrected chi connectivity index (χ4v) is 3.47. The molecular formula is C16H14N2O3S. The molecule has 3 rings (SSSR count). The molecule has 0 N–H and O–H groups in total. The number of benzene rings is 2. The number of hydrogen-bond acceptors (Lipinski definition) is 4. The lowest BCUT2D eigenvalue weighted by molar-refractivity contribution is 0.586. The van der Waals surface area contributed by atoms with Gasteiger partial charge in [-0.05, 0) is 24.3 Å². The van der Waals surface area contributed by atoms with Crippen molar-refractivity contribution < 1.29 is 8.42 Å². The fraction of sp³-hybridized carbons (Fsp3) is 0.125. The highest BCUT2D eigenvalue weighted by Gasteiger charge is 2.14. The van der Waals surface area contributed by atoms with Gasteiger partial charge in [0, 0.05) is 6.54 Å². The van der Waals surface area contributed by atoms with E-state index < -0.39 is 9.84 Å². The molecule has 0 atom stereocenters. The highest BCUT2D eigenvalue weighted by atomic mass is 32.2. The van der Waals surface area contributed by atoms with Gasteiger partial charge in [0.05, 0.1) is 27.9 Å². The van der Waals surface area contributed by atoms with Gasteiger partial charge < -0.3 is 0 Å². The normalized spacial score (nSPS) is 11.6. The summed E-state index contributed by atoms with van der Waals surface area (Å²) in [5, 5.41) is 0.488. The Morgan fingerprint density at radius 1 is 0.955 bits per heavy atom. The Labute approximate surface area is 127 Å². The molecule has 0 aliphatic carbocycles. The van der Waals surface area contributed by atoms with Crippen molar-refractivity contribution in [2.75, 3.05) is 5.75 Å². The van der Waals surface area contributed by atoms with E-state index in [1.807, 2.05) is 0 Å². The van der Waals surface area contributed by atoms with Crippen molar-refractivity contribution in [3.05, 3.63) is 71.3 Å². The minimum atomic E-state index is -3.42. The number of para-hydroxylation sites is 1. The lowest BCUT2D eigenvalue weighted by Crippen LogP contribution is -2.24. The van der Waals surface area contributed by atoms with Crippen molar-refractivity contribution in [3.63, 3.8) is 0 Å². The molecule has 0 saturated heterocycles. The Bertz CT molecular complexity index is 963. The van der Waals surface area contributed by atoms with Gasteiger partial charge in [-0.15, -0.1) is 0 Å². The standard InChI is InChI=1S/C16H14N2O3S/c19-16-14-8-4-5-9-15(14)17-12-18(16)10-11-22(20,21)13-6-2-1-3-7-13/h1-9,12H,10-11H2. The van der Waals surface area contributed by atoms with Gasteiger partial charge in [0.15, 0.2) is 9.84 Å². The van der Waals surface area contributed by atoms with Gasteiger partial charge >= 0.3 is 0 Å². The summed E-state index contributed by atoms with van der Waals surface area (Å²) in [6, 6.07) is 15.2. The van der Waals surface area contributed by atoms with Gasteiger partial charge in [0.25, 0.3) is 5.56 Å². The van der Waals surface area contributed by atoms with Crippen LogP contribution in [0.25, 0.3) is 10.9 Å². The first-order chi connectivity index (χ1) is 10.6. The Morgan fingerprint density at radius 2 is 1.64 bits per heavy atom. The Balaban J connectivity index is 1.89.